The van der Waals surface area contributed by atoms with Gasteiger partial charge in [0.25, 0.3) is 0 Å². The summed E-state index contributed by atoms with van der Waals surface area (Å²) >= 11 is 0. The maximum absolute atomic E-state index is 12.9. The minimum atomic E-state index is -1.20. The van der Waals surface area contributed by atoms with Crippen molar-refractivity contribution in [3.63, 3.8) is 0 Å². The zero-order valence-electron chi connectivity index (χ0n) is 11.2. The van der Waals surface area contributed by atoms with Crippen LogP contribution in [0.3, 0.4) is 0 Å². The summed E-state index contributed by atoms with van der Waals surface area (Å²) in [5.74, 6) is -0.286. The number of hydrogen-bond acceptors (Lipinski definition) is 4. The Morgan fingerprint density at radius 3 is 2.71 bits per heavy atom. The van der Waals surface area contributed by atoms with Gasteiger partial charge in [0.15, 0.2) is 0 Å². The van der Waals surface area contributed by atoms with Crippen molar-refractivity contribution >= 4 is 10.8 Å². The van der Waals surface area contributed by atoms with Crippen LogP contribution in [0.25, 0.3) is 5.69 Å². The van der Waals surface area contributed by atoms with Gasteiger partial charge in [-0.25, -0.2) is 9.07 Å². The van der Waals surface area contributed by atoms with Crippen molar-refractivity contribution in [1.29, 1.82) is 0 Å². The Morgan fingerprint density at radius 2 is 2.00 bits per heavy atom. The van der Waals surface area contributed by atoms with Crippen molar-refractivity contribution in [2.75, 3.05) is 6.26 Å². The van der Waals surface area contributed by atoms with Crippen molar-refractivity contribution in [2.45, 2.75) is 11.7 Å². The summed E-state index contributed by atoms with van der Waals surface area (Å²) < 4.78 is 27.7. The molecule has 0 saturated carbocycles. The van der Waals surface area contributed by atoms with E-state index in [9.17, 15) is 8.60 Å². The van der Waals surface area contributed by atoms with Gasteiger partial charge < -0.3 is 4.57 Å². The number of nitrogens with zero attached hydrogens (tertiary/aromatic N) is 5. The van der Waals surface area contributed by atoms with Crippen LogP contribution in [-0.4, -0.2) is 35.0 Å². The lowest BCUT2D eigenvalue weighted by Gasteiger charge is -2.02. The van der Waals surface area contributed by atoms with Gasteiger partial charge in [0.2, 0.25) is 5.16 Å². The quantitative estimate of drug-likeness (QED) is 0.730. The van der Waals surface area contributed by atoms with E-state index in [2.05, 4.69) is 15.3 Å². The van der Waals surface area contributed by atoms with Gasteiger partial charge in [-0.1, -0.05) is 0 Å². The molecule has 0 amide bonds. The number of halogens is 1. The molecule has 0 N–H and O–H groups in total. The highest BCUT2D eigenvalue weighted by Crippen LogP contribution is 2.10. The Morgan fingerprint density at radius 1 is 1.24 bits per heavy atom. The third-order valence-corrected chi connectivity index (χ3v) is 3.74. The Balaban J connectivity index is 1.83. The molecule has 1 atom stereocenters. The molecule has 6 nitrogen and oxygen atoms in total. The van der Waals surface area contributed by atoms with E-state index < -0.39 is 10.8 Å². The van der Waals surface area contributed by atoms with Gasteiger partial charge in [0.05, 0.1) is 28.7 Å². The standard InChI is InChI=1S/C13H12FN5OS/c1-21(20)13-16-15-9-18(13)8-11-6-7-19(17-11)12-4-2-10(14)3-5-12/h2-7,9H,8H2,1H3/t21-/m0/s1. The zero-order valence-corrected chi connectivity index (χ0v) is 12.0. The van der Waals surface area contributed by atoms with Gasteiger partial charge >= 0.3 is 0 Å². The first-order chi connectivity index (χ1) is 10.1. The van der Waals surface area contributed by atoms with Crippen molar-refractivity contribution in [2.24, 2.45) is 0 Å². The van der Waals surface area contributed by atoms with Crippen LogP contribution in [0, 0.1) is 5.82 Å². The summed E-state index contributed by atoms with van der Waals surface area (Å²) in [4.78, 5) is 0. The van der Waals surface area contributed by atoms with Crippen LogP contribution in [-0.2, 0) is 17.3 Å². The molecule has 0 bridgehead atoms. The molecule has 0 aliphatic rings. The van der Waals surface area contributed by atoms with Gasteiger partial charge in [-0.2, -0.15) is 5.10 Å². The zero-order chi connectivity index (χ0) is 14.8. The van der Waals surface area contributed by atoms with Crippen molar-refractivity contribution in [3.8, 4) is 5.69 Å². The normalized spacial score (nSPS) is 12.5. The molecule has 8 heteroatoms. The summed E-state index contributed by atoms with van der Waals surface area (Å²) in [7, 11) is -1.20. The monoisotopic (exact) mass is 305 g/mol. The molecule has 0 unspecified atom stereocenters. The summed E-state index contributed by atoms with van der Waals surface area (Å²) in [5, 5.41) is 12.4. The Bertz CT molecular complexity index is 780. The fourth-order valence-electron chi connectivity index (χ4n) is 1.93. The first kappa shape index (κ1) is 13.6. The molecule has 0 saturated heterocycles. The molecule has 0 radical (unpaired) electrons. The van der Waals surface area contributed by atoms with Crippen LogP contribution < -0.4 is 0 Å². The maximum Gasteiger partial charge on any atom is 0.221 e. The lowest BCUT2D eigenvalue weighted by molar-refractivity contribution is 0.626. The predicted octanol–water partition coefficient (Wildman–Crippen LogP) is 1.39. The minimum Gasteiger partial charge on any atom is -0.300 e. The Kier molecular flexibility index (Phi) is 3.61. The van der Waals surface area contributed by atoms with Gasteiger partial charge in [-0.05, 0) is 30.3 Å². The highest BCUT2D eigenvalue weighted by molar-refractivity contribution is 7.84. The SMILES string of the molecule is C[S@](=O)c1nncn1Cc1ccn(-c2ccc(F)cc2)n1. The molecular formula is C13H12FN5OS. The molecule has 3 aromatic rings. The molecule has 108 valence electrons. The molecule has 0 aliphatic carbocycles. The first-order valence-electron chi connectivity index (χ1n) is 6.15. The lowest BCUT2D eigenvalue weighted by atomic mass is 10.3. The Hall–Kier alpha value is -2.35. The highest BCUT2D eigenvalue weighted by Gasteiger charge is 2.10. The van der Waals surface area contributed by atoms with Gasteiger partial charge in [0.1, 0.15) is 12.1 Å². The van der Waals surface area contributed by atoms with Crippen LogP contribution in [0.1, 0.15) is 5.69 Å². The Labute approximate surface area is 122 Å². The topological polar surface area (TPSA) is 65.6 Å². The van der Waals surface area contributed by atoms with Crippen LogP contribution >= 0.6 is 0 Å². The van der Waals surface area contributed by atoms with Crippen molar-refractivity contribution in [3.05, 3.63) is 54.4 Å². The highest BCUT2D eigenvalue weighted by atomic mass is 32.2. The molecule has 0 spiro atoms. The molecule has 3 rings (SSSR count). The third kappa shape index (κ3) is 2.89. The van der Waals surface area contributed by atoms with Crippen LogP contribution in [0.2, 0.25) is 0 Å². The van der Waals surface area contributed by atoms with E-state index in [1.165, 1.54) is 18.5 Å². The molecule has 2 aromatic heterocycles. The molecular weight excluding hydrogens is 293 g/mol. The maximum atomic E-state index is 12.9. The lowest BCUT2D eigenvalue weighted by Crippen LogP contribution is -2.06. The second-order valence-electron chi connectivity index (χ2n) is 4.42. The van der Waals surface area contributed by atoms with Gasteiger partial charge in [-0.15, -0.1) is 10.2 Å². The van der Waals surface area contributed by atoms with Crippen LogP contribution in [0.5, 0.6) is 0 Å². The second kappa shape index (κ2) is 5.57. The summed E-state index contributed by atoms with van der Waals surface area (Å²) in [5.41, 5.74) is 1.54. The van der Waals surface area contributed by atoms with Gasteiger partial charge in [-0.3, -0.25) is 4.21 Å². The number of benzene rings is 1. The summed E-state index contributed by atoms with van der Waals surface area (Å²) in [6, 6.07) is 7.91. The second-order valence-corrected chi connectivity index (χ2v) is 5.70. The van der Waals surface area contributed by atoms with Crippen LogP contribution in [0.4, 0.5) is 4.39 Å². The fourth-order valence-corrected chi connectivity index (χ4v) is 2.54. The van der Waals surface area contributed by atoms with E-state index >= 15 is 0 Å². The van der Waals surface area contributed by atoms with Gasteiger partial charge in [0, 0.05) is 12.5 Å². The van der Waals surface area contributed by atoms with E-state index in [4.69, 9.17) is 0 Å². The summed E-state index contributed by atoms with van der Waals surface area (Å²) in [6.07, 6.45) is 4.86. The van der Waals surface area contributed by atoms with E-state index in [1.807, 2.05) is 6.07 Å². The summed E-state index contributed by atoms with van der Waals surface area (Å²) in [6.45, 7) is 0.427. The number of rotatable bonds is 4. The molecule has 0 aliphatic heterocycles. The minimum absolute atomic E-state index is 0.286. The van der Waals surface area contributed by atoms with Crippen molar-refractivity contribution in [1.82, 2.24) is 24.5 Å². The van der Waals surface area contributed by atoms with E-state index in [-0.39, 0.29) is 5.82 Å². The van der Waals surface area contributed by atoms with Crippen molar-refractivity contribution < 1.29 is 8.60 Å². The first-order valence-corrected chi connectivity index (χ1v) is 7.71. The number of aromatic nitrogens is 5. The molecule has 0 fully saturated rings. The number of hydrogen-bond donors (Lipinski definition) is 0. The molecule has 1 aromatic carbocycles. The average molecular weight is 305 g/mol. The third-order valence-electron chi connectivity index (χ3n) is 2.90. The predicted molar refractivity (Wildman–Crippen MR) is 75.0 cm³/mol. The van der Waals surface area contributed by atoms with E-state index in [0.29, 0.717) is 11.7 Å². The largest absolute Gasteiger partial charge is 0.300 e. The van der Waals surface area contributed by atoms with E-state index in [0.717, 1.165) is 11.4 Å². The van der Waals surface area contributed by atoms with Crippen LogP contribution in [0.15, 0.2) is 48.0 Å². The van der Waals surface area contributed by atoms with E-state index in [1.54, 1.807) is 33.8 Å². The average Bonchev–Trinajstić information content (AvgIpc) is 3.09. The molecule has 2 heterocycles. The fraction of sp³-hybridized carbons (Fsp3) is 0.154. The molecule has 21 heavy (non-hydrogen) atoms. The smallest absolute Gasteiger partial charge is 0.221 e.